The molecule has 3 nitrogen and oxygen atoms in total. The second-order valence-electron chi connectivity index (χ2n) is 5.13. The van der Waals surface area contributed by atoms with Crippen LogP contribution in [-0.2, 0) is 13.0 Å². The Labute approximate surface area is 133 Å². The lowest BCUT2D eigenvalue weighted by atomic mass is 10.1. The first-order valence-electron chi connectivity index (χ1n) is 6.91. The molecule has 0 aromatic carbocycles. The Balaban J connectivity index is 2.29. The van der Waals surface area contributed by atoms with Crippen LogP contribution in [0, 0.1) is 5.92 Å². The van der Waals surface area contributed by atoms with E-state index in [4.69, 9.17) is 4.98 Å². The number of hydrogen-bond donors (Lipinski definition) is 1. The molecule has 0 bridgehead atoms. The van der Waals surface area contributed by atoms with Crippen molar-refractivity contribution in [1.82, 2.24) is 15.3 Å². The first kappa shape index (κ1) is 15.6. The van der Waals surface area contributed by atoms with E-state index in [0.717, 1.165) is 34.7 Å². The van der Waals surface area contributed by atoms with Crippen LogP contribution in [-0.4, -0.2) is 16.5 Å². The van der Waals surface area contributed by atoms with Gasteiger partial charge in [-0.1, -0.05) is 20.8 Å². The van der Waals surface area contributed by atoms with Crippen molar-refractivity contribution in [3.8, 4) is 10.7 Å². The quantitative estimate of drug-likeness (QED) is 0.842. The zero-order chi connectivity index (χ0) is 14.5. The average molecular weight is 354 g/mol. The topological polar surface area (TPSA) is 37.8 Å². The van der Waals surface area contributed by atoms with Gasteiger partial charge in [-0.3, -0.25) is 4.98 Å². The maximum atomic E-state index is 4.80. The van der Waals surface area contributed by atoms with Gasteiger partial charge < -0.3 is 5.32 Å². The van der Waals surface area contributed by atoms with Crippen LogP contribution in [0.5, 0.6) is 0 Å². The van der Waals surface area contributed by atoms with Gasteiger partial charge in [0.2, 0.25) is 0 Å². The number of halogens is 1. The average Bonchev–Trinajstić information content (AvgIpc) is 2.79. The number of aromatic nitrogens is 2. The monoisotopic (exact) mass is 353 g/mol. The SMILES string of the molecule is CCNCc1sc(-c2ccc(Br)cn2)nc1CC(C)C. The fourth-order valence-corrected chi connectivity index (χ4v) is 3.19. The van der Waals surface area contributed by atoms with Crippen molar-refractivity contribution in [1.29, 1.82) is 0 Å². The van der Waals surface area contributed by atoms with Crippen LogP contribution < -0.4 is 5.32 Å². The van der Waals surface area contributed by atoms with Gasteiger partial charge in [-0.25, -0.2) is 4.98 Å². The summed E-state index contributed by atoms with van der Waals surface area (Å²) in [6, 6.07) is 4.02. The first-order chi connectivity index (χ1) is 9.60. The Hall–Kier alpha value is -0.780. The van der Waals surface area contributed by atoms with E-state index in [2.05, 4.69) is 47.0 Å². The van der Waals surface area contributed by atoms with Crippen molar-refractivity contribution in [2.45, 2.75) is 33.7 Å². The van der Waals surface area contributed by atoms with Gasteiger partial charge in [0.05, 0.1) is 11.4 Å². The molecule has 1 N–H and O–H groups in total. The van der Waals surface area contributed by atoms with Crippen LogP contribution >= 0.6 is 27.3 Å². The van der Waals surface area contributed by atoms with E-state index < -0.39 is 0 Å². The molecule has 0 aliphatic rings. The molecule has 2 heterocycles. The second-order valence-corrected chi connectivity index (χ2v) is 7.13. The lowest BCUT2D eigenvalue weighted by molar-refractivity contribution is 0.627. The van der Waals surface area contributed by atoms with Crippen molar-refractivity contribution in [2.24, 2.45) is 5.92 Å². The molecule has 0 radical (unpaired) electrons. The van der Waals surface area contributed by atoms with E-state index in [-0.39, 0.29) is 0 Å². The smallest absolute Gasteiger partial charge is 0.142 e. The van der Waals surface area contributed by atoms with E-state index in [1.54, 1.807) is 11.3 Å². The number of hydrogen-bond acceptors (Lipinski definition) is 4. The van der Waals surface area contributed by atoms with Crippen molar-refractivity contribution in [3.63, 3.8) is 0 Å². The molecule has 0 atom stereocenters. The molecule has 2 rings (SSSR count). The summed E-state index contributed by atoms with van der Waals surface area (Å²) in [6.45, 7) is 8.46. The Bertz CT molecular complexity index is 549. The largest absolute Gasteiger partial charge is 0.312 e. The number of thiazole rings is 1. The fourth-order valence-electron chi connectivity index (χ4n) is 1.92. The highest BCUT2D eigenvalue weighted by Crippen LogP contribution is 2.28. The van der Waals surface area contributed by atoms with Gasteiger partial charge in [0.15, 0.2) is 0 Å². The van der Waals surface area contributed by atoms with Gasteiger partial charge in [-0.15, -0.1) is 11.3 Å². The van der Waals surface area contributed by atoms with Crippen molar-refractivity contribution in [3.05, 3.63) is 33.4 Å². The van der Waals surface area contributed by atoms with Crippen molar-refractivity contribution >= 4 is 27.3 Å². The number of nitrogens with one attached hydrogen (secondary N) is 1. The van der Waals surface area contributed by atoms with Gasteiger partial charge in [0.25, 0.3) is 0 Å². The molecule has 108 valence electrons. The van der Waals surface area contributed by atoms with Gasteiger partial charge in [-0.2, -0.15) is 0 Å². The minimum Gasteiger partial charge on any atom is -0.312 e. The lowest BCUT2D eigenvalue weighted by Gasteiger charge is -2.04. The molecule has 0 aliphatic carbocycles. The van der Waals surface area contributed by atoms with E-state index in [1.807, 2.05) is 18.3 Å². The summed E-state index contributed by atoms with van der Waals surface area (Å²) < 4.78 is 0.994. The molecule has 2 aromatic heterocycles. The van der Waals surface area contributed by atoms with Crippen LogP contribution in [0.15, 0.2) is 22.8 Å². The highest BCUT2D eigenvalue weighted by Gasteiger charge is 2.14. The van der Waals surface area contributed by atoms with E-state index in [0.29, 0.717) is 5.92 Å². The molecule has 20 heavy (non-hydrogen) atoms. The minimum absolute atomic E-state index is 0.614. The van der Waals surface area contributed by atoms with Crippen LogP contribution in [0.4, 0.5) is 0 Å². The van der Waals surface area contributed by atoms with Crippen molar-refractivity contribution in [2.75, 3.05) is 6.54 Å². The molecule has 2 aromatic rings. The Morgan fingerprint density at radius 2 is 2.15 bits per heavy atom. The van der Waals surface area contributed by atoms with Crippen LogP contribution in [0.1, 0.15) is 31.3 Å². The molecule has 0 unspecified atom stereocenters. The van der Waals surface area contributed by atoms with Crippen molar-refractivity contribution < 1.29 is 0 Å². The molecular weight excluding hydrogens is 334 g/mol. The third-order valence-electron chi connectivity index (χ3n) is 2.86. The van der Waals surface area contributed by atoms with Crippen LogP contribution in [0.25, 0.3) is 10.7 Å². The Kier molecular flexibility index (Phi) is 5.69. The van der Waals surface area contributed by atoms with Gasteiger partial charge >= 0.3 is 0 Å². The number of pyridine rings is 1. The number of nitrogens with zero attached hydrogens (tertiary/aromatic N) is 2. The molecule has 0 saturated carbocycles. The molecular formula is C15H20BrN3S. The first-order valence-corrected chi connectivity index (χ1v) is 8.52. The maximum Gasteiger partial charge on any atom is 0.142 e. The number of rotatable bonds is 6. The van der Waals surface area contributed by atoms with E-state index in [9.17, 15) is 0 Å². The molecule has 0 fully saturated rings. The molecule has 5 heteroatoms. The summed E-state index contributed by atoms with van der Waals surface area (Å²) in [5.41, 5.74) is 2.16. The predicted octanol–water partition coefficient (Wildman–Crippen LogP) is 4.28. The zero-order valence-electron chi connectivity index (χ0n) is 12.1. The van der Waals surface area contributed by atoms with Gasteiger partial charge in [0.1, 0.15) is 5.01 Å². The predicted molar refractivity (Wildman–Crippen MR) is 89.0 cm³/mol. The Morgan fingerprint density at radius 1 is 1.35 bits per heavy atom. The normalized spacial score (nSPS) is 11.2. The summed E-state index contributed by atoms with van der Waals surface area (Å²) >= 11 is 5.16. The molecule has 0 amide bonds. The third kappa shape index (κ3) is 4.11. The summed E-state index contributed by atoms with van der Waals surface area (Å²) in [5.74, 6) is 0.614. The second kappa shape index (κ2) is 7.29. The summed E-state index contributed by atoms with van der Waals surface area (Å²) in [6.07, 6.45) is 2.84. The zero-order valence-corrected chi connectivity index (χ0v) is 14.5. The van der Waals surface area contributed by atoms with E-state index in [1.165, 1.54) is 10.6 Å². The minimum atomic E-state index is 0.614. The highest BCUT2D eigenvalue weighted by atomic mass is 79.9. The van der Waals surface area contributed by atoms with Gasteiger partial charge in [0, 0.05) is 22.1 Å². The fraction of sp³-hybridized carbons (Fsp3) is 0.467. The van der Waals surface area contributed by atoms with Gasteiger partial charge in [-0.05, 0) is 46.9 Å². The third-order valence-corrected chi connectivity index (χ3v) is 4.45. The molecule has 0 saturated heterocycles. The van der Waals surface area contributed by atoms with Crippen LogP contribution in [0.2, 0.25) is 0 Å². The lowest BCUT2D eigenvalue weighted by Crippen LogP contribution is -2.12. The summed E-state index contributed by atoms with van der Waals surface area (Å²) in [5, 5.41) is 4.41. The summed E-state index contributed by atoms with van der Waals surface area (Å²) in [4.78, 5) is 10.6. The highest BCUT2D eigenvalue weighted by molar-refractivity contribution is 9.10. The Morgan fingerprint density at radius 3 is 2.75 bits per heavy atom. The maximum absolute atomic E-state index is 4.80. The molecule has 0 aliphatic heterocycles. The van der Waals surface area contributed by atoms with E-state index >= 15 is 0 Å². The molecule has 0 spiro atoms. The standard InChI is InChI=1S/C15H20BrN3S/c1-4-17-9-14-13(7-10(2)3)19-15(20-14)12-6-5-11(16)8-18-12/h5-6,8,10,17H,4,7,9H2,1-3H3. The van der Waals surface area contributed by atoms with Crippen LogP contribution in [0.3, 0.4) is 0 Å². The summed E-state index contributed by atoms with van der Waals surface area (Å²) in [7, 11) is 0.